The second-order valence-electron chi connectivity index (χ2n) is 0.907. The third kappa shape index (κ3) is 5.46. The van der Waals surface area contributed by atoms with Gasteiger partial charge in [-0.15, -0.1) is 0 Å². The molecule has 56 valence electrons. The fourth-order valence-corrected chi connectivity index (χ4v) is 1.82. The topological polar surface area (TPSA) is 35.5 Å². The molecule has 7 heteroatoms. The summed E-state index contributed by atoms with van der Waals surface area (Å²) in [5.74, 6) is 0. The van der Waals surface area contributed by atoms with Gasteiger partial charge in [-0.2, -0.15) is 0 Å². The number of alkyl halides is 2. The molecule has 0 aromatic rings. The molecule has 3 nitrogen and oxygen atoms in total. The normalized spacial score (nSPS) is 11.9. The van der Waals surface area contributed by atoms with Crippen LogP contribution in [-0.2, 0) is 13.6 Å². The third-order valence-electron chi connectivity index (χ3n) is 0.406. The van der Waals surface area contributed by atoms with Crippen LogP contribution in [0.2, 0.25) is 0 Å². The lowest BCUT2D eigenvalue weighted by molar-refractivity contribution is 0.272. The molecule has 0 aromatic carbocycles. The van der Waals surface area contributed by atoms with Crippen molar-refractivity contribution in [3.05, 3.63) is 0 Å². The van der Waals surface area contributed by atoms with Crippen LogP contribution >= 0.6 is 41.4 Å². The summed E-state index contributed by atoms with van der Waals surface area (Å²) < 4.78 is 19.1. The predicted octanol–water partition coefficient (Wildman–Crippen LogP) is 2.76. The van der Waals surface area contributed by atoms with Crippen LogP contribution < -0.4 is 0 Å². The van der Waals surface area contributed by atoms with Crippen LogP contribution in [0, 0.1) is 0 Å². The molecule has 0 bridgehead atoms. The molecule has 0 aromatic heterocycles. The molecule has 0 N–H and O–H groups in total. The minimum absolute atomic E-state index is 0.280. The zero-order chi connectivity index (χ0) is 7.33. The fourth-order valence-electron chi connectivity index (χ4n) is 0.154. The van der Waals surface area contributed by atoms with Crippen LogP contribution in [0.1, 0.15) is 0 Å². The lowest BCUT2D eigenvalue weighted by atomic mass is 11.7. The van der Waals surface area contributed by atoms with Crippen molar-refractivity contribution in [2.24, 2.45) is 0 Å². The van der Waals surface area contributed by atoms with E-state index < -0.39 is 6.95 Å². The van der Waals surface area contributed by atoms with Gasteiger partial charge >= 0.3 is 6.95 Å². The summed E-state index contributed by atoms with van der Waals surface area (Å²) in [5, 5.41) is 0. The zero-order valence-electron chi connectivity index (χ0n) is 4.22. The van der Waals surface area contributed by atoms with Crippen molar-refractivity contribution in [2.75, 3.05) is 12.1 Å². The number of hydrogen-bond acceptors (Lipinski definition) is 3. The van der Waals surface area contributed by atoms with E-state index in [2.05, 4.69) is 9.05 Å². The lowest BCUT2D eigenvalue weighted by Gasteiger charge is -2.05. The van der Waals surface area contributed by atoms with Crippen molar-refractivity contribution >= 4 is 41.4 Å². The Hall–Kier alpha value is 1.02. The van der Waals surface area contributed by atoms with Gasteiger partial charge in [0.25, 0.3) is 0 Å². The molecule has 0 unspecified atom stereocenters. The van der Waals surface area contributed by atoms with Gasteiger partial charge in [0.1, 0.15) is 12.1 Å². The van der Waals surface area contributed by atoms with Gasteiger partial charge in [-0.3, -0.25) is 9.05 Å². The smallest absolute Gasteiger partial charge is 0.281 e. The lowest BCUT2D eigenvalue weighted by Crippen LogP contribution is -1.85. The van der Waals surface area contributed by atoms with Gasteiger partial charge in [-0.05, 0) is 0 Å². The summed E-state index contributed by atoms with van der Waals surface area (Å²) in [4.78, 5) is 0. The molecule has 0 spiro atoms. The Kier molecular flexibility index (Phi) is 5.32. The highest BCUT2D eigenvalue weighted by Crippen LogP contribution is 2.53. The monoisotopic (exact) mass is 212 g/mol. The summed E-state index contributed by atoms with van der Waals surface area (Å²) in [5.41, 5.74) is 0. The van der Waals surface area contributed by atoms with E-state index in [0.29, 0.717) is 0 Å². The van der Waals surface area contributed by atoms with E-state index in [0.717, 1.165) is 0 Å². The van der Waals surface area contributed by atoms with Crippen LogP contribution in [0.15, 0.2) is 0 Å². The molecular formula is C2H4Cl3O3P. The largest absolute Gasteiger partial charge is 0.426 e. The van der Waals surface area contributed by atoms with E-state index in [-0.39, 0.29) is 12.1 Å². The van der Waals surface area contributed by atoms with Crippen LogP contribution in [0.4, 0.5) is 0 Å². The summed E-state index contributed by atoms with van der Waals surface area (Å²) in [6.07, 6.45) is 0. The highest BCUT2D eigenvalue weighted by molar-refractivity contribution is 7.81. The molecule has 0 heterocycles. The first-order valence-corrected chi connectivity index (χ1v) is 5.35. The highest BCUT2D eigenvalue weighted by atomic mass is 35.7. The molecule has 0 rings (SSSR count). The molecule has 0 saturated heterocycles. The van der Waals surface area contributed by atoms with Crippen molar-refractivity contribution in [1.82, 2.24) is 0 Å². The second kappa shape index (κ2) is 4.78. The minimum Gasteiger partial charge on any atom is -0.281 e. The van der Waals surface area contributed by atoms with Gasteiger partial charge in [-0.25, -0.2) is 4.57 Å². The van der Waals surface area contributed by atoms with Crippen LogP contribution in [0.25, 0.3) is 0 Å². The Morgan fingerprint density at radius 1 is 1.22 bits per heavy atom. The zero-order valence-corrected chi connectivity index (χ0v) is 7.38. The van der Waals surface area contributed by atoms with Gasteiger partial charge in [0, 0.05) is 11.2 Å². The Labute approximate surface area is 67.5 Å². The van der Waals surface area contributed by atoms with Gasteiger partial charge in [0.2, 0.25) is 0 Å². The molecule has 0 aliphatic heterocycles. The minimum atomic E-state index is -3.48. The summed E-state index contributed by atoms with van der Waals surface area (Å²) >= 11 is 15.1. The van der Waals surface area contributed by atoms with Crippen molar-refractivity contribution in [2.45, 2.75) is 0 Å². The molecule has 0 fully saturated rings. The maximum Gasteiger partial charge on any atom is 0.426 e. The van der Waals surface area contributed by atoms with Gasteiger partial charge < -0.3 is 0 Å². The molecular weight excluding hydrogens is 209 g/mol. The Bertz CT molecular complexity index is 108. The van der Waals surface area contributed by atoms with Crippen LogP contribution in [-0.4, -0.2) is 12.1 Å². The van der Waals surface area contributed by atoms with E-state index in [1.807, 2.05) is 0 Å². The predicted molar refractivity (Wildman–Crippen MR) is 37.1 cm³/mol. The van der Waals surface area contributed by atoms with Crippen LogP contribution in [0.5, 0.6) is 0 Å². The average Bonchev–Trinajstić information content (AvgIpc) is 1.64. The van der Waals surface area contributed by atoms with Crippen molar-refractivity contribution < 1.29 is 13.6 Å². The molecule has 0 radical (unpaired) electrons. The van der Waals surface area contributed by atoms with E-state index in [1.54, 1.807) is 0 Å². The standard InChI is InChI=1S/C2H4Cl3O3P/c3-1-7-9(5,6)8-2-4/h1-2H2. The summed E-state index contributed by atoms with van der Waals surface area (Å²) in [7, 11) is 0. The van der Waals surface area contributed by atoms with Crippen LogP contribution in [0.3, 0.4) is 0 Å². The maximum absolute atomic E-state index is 10.6. The molecule has 0 aliphatic rings. The summed E-state index contributed by atoms with van der Waals surface area (Å²) in [6, 6.07) is -0.560. The Morgan fingerprint density at radius 2 is 1.56 bits per heavy atom. The molecule has 0 saturated carbocycles. The van der Waals surface area contributed by atoms with Crippen molar-refractivity contribution in [1.29, 1.82) is 0 Å². The maximum atomic E-state index is 10.6. The fraction of sp³-hybridized carbons (Fsp3) is 1.00. The quantitative estimate of drug-likeness (QED) is 0.532. The Morgan fingerprint density at radius 3 is 1.78 bits per heavy atom. The Balaban J connectivity index is 3.58. The van der Waals surface area contributed by atoms with Gasteiger partial charge in [0.05, 0.1) is 0 Å². The number of hydrogen-bond donors (Lipinski definition) is 0. The van der Waals surface area contributed by atoms with E-state index >= 15 is 0 Å². The number of halogens is 3. The van der Waals surface area contributed by atoms with Crippen molar-refractivity contribution in [3.8, 4) is 0 Å². The van der Waals surface area contributed by atoms with Gasteiger partial charge in [0.15, 0.2) is 0 Å². The van der Waals surface area contributed by atoms with E-state index in [9.17, 15) is 4.57 Å². The SMILES string of the molecule is O=P(Cl)(OCCl)OCCl. The molecule has 0 atom stereocenters. The number of rotatable bonds is 4. The average molecular weight is 213 g/mol. The van der Waals surface area contributed by atoms with Crippen molar-refractivity contribution in [3.63, 3.8) is 0 Å². The van der Waals surface area contributed by atoms with E-state index in [1.165, 1.54) is 0 Å². The highest BCUT2D eigenvalue weighted by Gasteiger charge is 2.18. The second-order valence-corrected chi connectivity index (χ2v) is 3.96. The molecule has 9 heavy (non-hydrogen) atoms. The summed E-state index contributed by atoms with van der Waals surface area (Å²) in [6.45, 7) is -3.48. The first-order valence-electron chi connectivity index (χ1n) is 1.83. The first-order chi connectivity index (χ1) is 4.12. The molecule has 0 amide bonds. The van der Waals surface area contributed by atoms with Gasteiger partial charge in [-0.1, -0.05) is 23.2 Å². The van der Waals surface area contributed by atoms with E-state index in [4.69, 9.17) is 34.4 Å². The first kappa shape index (κ1) is 10.0. The third-order valence-corrected chi connectivity index (χ3v) is 2.39. The molecule has 0 aliphatic carbocycles.